The van der Waals surface area contributed by atoms with Gasteiger partial charge in [-0.1, -0.05) is 30.3 Å². The number of rotatable bonds is 2. The fourth-order valence-electron chi connectivity index (χ4n) is 2.86. The van der Waals surface area contributed by atoms with Gasteiger partial charge in [-0.3, -0.25) is 4.42 Å². The number of fused-ring (bicyclic) bond motifs is 1. The van der Waals surface area contributed by atoms with Gasteiger partial charge in [-0.15, -0.1) is 0 Å². The van der Waals surface area contributed by atoms with Gasteiger partial charge in [0.15, 0.2) is 0 Å². The standard InChI is InChI=1S/C19H19O3/c1-12-18-16(20-3)10-15(14-8-6-5-7-9-14)11-17(21-4)19(18)13(2)22-12/h5-11H,1-4H3/q+1. The summed E-state index contributed by atoms with van der Waals surface area (Å²) in [5, 5.41) is 1.91. The van der Waals surface area contributed by atoms with E-state index < -0.39 is 0 Å². The van der Waals surface area contributed by atoms with E-state index in [-0.39, 0.29) is 0 Å². The van der Waals surface area contributed by atoms with Crippen LogP contribution in [-0.2, 0) is 0 Å². The van der Waals surface area contributed by atoms with E-state index in [9.17, 15) is 0 Å². The highest BCUT2D eigenvalue weighted by molar-refractivity contribution is 5.92. The van der Waals surface area contributed by atoms with Crippen molar-refractivity contribution in [2.75, 3.05) is 14.2 Å². The Hall–Kier alpha value is -2.55. The number of methoxy groups -OCH3 is 1. The number of furan rings is 1. The Labute approximate surface area is 129 Å². The molecule has 22 heavy (non-hydrogen) atoms. The smallest absolute Gasteiger partial charge is 0.355 e. The van der Waals surface area contributed by atoms with Crippen LogP contribution >= 0.6 is 0 Å². The topological polar surface area (TPSA) is 33.7 Å². The zero-order valence-electron chi connectivity index (χ0n) is 13.3. The van der Waals surface area contributed by atoms with Gasteiger partial charge in [-0.05, 0) is 31.0 Å². The molecule has 0 amide bonds. The first-order chi connectivity index (χ1) is 10.7. The largest absolute Gasteiger partial charge is 0.496 e. The fourth-order valence-corrected chi connectivity index (χ4v) is 2.86. The van der Waals surface area contributed by atoms with Crippen molar-refractivity contribution in [1.29, 1.82) is 0 Å². The predicted octanol–water partition coefficient (Wildman–Crippen LogP) is 4.25. The number of aryl methyl sites for hydroxylation is 2. The molecule has 0 unspecified atom stereocenters. The summed E-state index contributed by atoms with van der Waals surface area (Å²) in [4.78, 5) is 0. The number of hydrogen-bond donors (Lipinski definition) is 0. The third-order valence-electron chi connectivity index (χ3n) is 3.87. The Morgan fingerprint density at radius 1 is 0.909 bits per heavy atom. The van der Waals surface area contributed by atoms with Crippen molar-refractivity contribution >= 4 is 10.8 Å². The van der Waals surface area contributed by atoms with Gasteiger partial charge in [0.05, 0.1) is 18.6 Å². The number of hydrogen-bond acceptors (Lipinski definition) is 2. The molecule has 0 spiro atoms. The van der Waals surface area contributed by atoms with E-state index in [4.69, 9.17) is 13.6 Å². The molecular formula is C19H19O3+. The summed E-state index contributed by atoms with van der Waals surface area (Å²) in [7, 11) is 3.36. The van der Waals surface area contributed by atoms with Gasteiger partial charge in [0.2, 0.25) is 0 Å². The lowest BCUT2D eigenvalue weighted by Gasteiger charge is -2.01. The van der Waals surface area contributed by atoms with Crippen LogP contribution < -0.4 is 10.2 Å². The molecule has 0 N–H and O–H groups in total. The molecule has 112 valence electrons. The van der Waals surface area contributed by atoms with Crippen molar-refractivity contribution in [1.82, 2.24) is 0 Å². The zero-order valence-corrected chi connectivity index (χ0v) is 13.3. The van der Waals surface area contributed by atoms with Gasteiger partial charge in [-0.25, -0.2) is 0 Å². The van der Waals surface area contributed by atoms with E-state index >= 15 is 0 Å². The van der Waals surface area contributed by atoms with E-state index in [0.29, 0.717) is 0 Å². The Morgan fingerprint density at radius 2 is 1.59 bits per heavy atom. The fraction of sp³-hybridized carbons (Fsp3) is 0.211. The van der Waals surface area contributed by atoms with Gasteiger partial charge in [0.1, 0.15) is 22.7 Å². The van der Waals surface area contributed by atoms with Crippen molar-refractivity contribution in [3.63, 3.8) is 0 Å². The third-order valence-corrected chi connectivity index (χ3v) is 3.87. The first kappa shape index (κ1) is 14.4. The number of benzene rings is 1. The summed E-state index contributed by atoms with van der Waals surface area (Å²) in [6.07, 6.45) is 0. The molecule has 3 rings (SSSR count). The molecule has 0 aliphatic heterocycles. The molecule has 3 aromatic rings. The summed E-state index contributed by atoms with van der Waals surface area (Å²) in [6, 6.07) is 14.3. The van der Waals surface area contributed by atoms with Crippen molar-refractivity contribution in [3.8, 4) is 16.9 Å². The second kappa shape index (κ2) is 5.68. The van der Waals surface area contributed by atoms with E-state index in [2.05, 4.69) is 12.1 Å². The minimum absolute atomic E-state index is 0.784. The van der Waals surface area contributed by atoms with E-state index in [1.165, 1.54) is 0 Å². The SMILES string of the molecule is COc1cc(-c2ccccc2)cc(=[O+]C)c2c(C)oc(C)c12. The first-order valence-electron chi connectivity index (χ1n) is 7.20. The van der Waals surface area contributed by atoms with Crippen LogP contribution in [0.5, 0.6) is 5.75 Å². The third kappa shape index (κ3) is 2.29. The summed E-state index contributed by atoms with van der Waals surface area (Å²) in [5.74, 6) is 2.45. The van der Waals surface area contributed by atoms with E-state index in [1.54, 1.807) is 14.2 Å². The van der Waals surface area contributed by atoms with Crippen LogP contribution in [0.4, 0.5) is 0 Å². The molecule has 3 nitrogen and oxygen atoms in total. The molecule has 1 heterocycles. The molecule has 0 aliphatic rings. The highest BCUT2D eigenvalue weighted by atomic mass is 16.5. The first-order valence-corrected chi connectivity index (χ1v) is 7.20. The predicted molar refractivity (Wildman–Crippen MR) is 89.9 cm³/mol. The van der Waals surface area contributed by atoms with E-state index in [1.807, 2.05) is 44.2 Å². The molecule has 0 saturated heterocycles. The molecule has 0 bridgehead atoms. The molecule has 0 aliphatic carbocycles. The zero-order chi connectivity index (χ0) is 15.7. The van der Waals surface area contributed by atoms with Crippen molar-refractivity contribution in [2.45, 2.75) is 13.8 Å². The molecule has 3 heteroatoms. The van der Waals surface area contributed by atoms with Crippen LogP contribution in [0.15, 0.2) is 51.3 Å². The van der Waals surface area contributed by atoms with Crippen LogP contribution in [0.25, 0.3) is 21.9 Å². The van der Waals surface area contributed by atoms with Crippen LogP contribution in [0.1, 0.15) is 11.5 Å². The summed E-state index contributed by atoms with van der Waals surface area (Å²) in [6.45, 7) is 3.89. The van der Waals surface area contributed by atoms with Crippen molar-refractivity contribution in [3.05, 3.63) is 63.8 Å². The molecular weight excluding hydrogens is 276 g/mol. The van der Waals surface area contributed by atoms with Gasteiger partial charge in [0, 0.05) is 0 Å². The highest BCUT2D eigenvalue weighted by Crippen LogP contribution is 2.33. The lowest BCUT2D eigenvalue weighted by molar-refractivity contribution is 0.419. The Balaban J connectivity index is 2.50. The van der Waals surface area contributed by atoms with Crippen LogP contribution in [0.2, 0.25) is 0 Å². The normalized spacial score (nSPS) is 11.9. The molecule has 0 saturated carbocycles. The molecule has 1 aromatic heterocycles. The van der Waals surface area contributed by atoms with Crippen LogP contribution in [-0.4, -0.2) is 14.2 Å². The second-order valence-corrected chi connectivity index (χ2v) is 5.21. The maximum atomic E-state index is 5.78. The Kier molecular flexibility index (Phi) is 3.72. The molecule has 0 atom stereocenters. The minimum atomic E-state index is 0.784. The lowest BCUT2D eigenvalue weighted by Crippen LogP contribution is -1.99. The quantitative estimate of drug-likeness (QED) is 0.662. The maximum Gasteiger partial charge on any atom is 0.355 e. The summed E-state index contributed by atoms with van der Waals surface area (Å²) < 4.78 is 17.0. The van der Waals surface area contributed by atoms with Crippen LogP contribution in [0.3, 0.4) is 0 Å². The van der Waals surface area contributed by atoms with Gasteiger partial charge in [0.25, 0.3) is 7.11 Å². The minimum Gasteiger partial charge on any atom is -0.496 e. The Bertz CT molecular complexity index is 890. The lowest BCUT2D eigenvalue weighted by atomic mass is 10.1. The second-order valence-electron chi connectivity index (χ2n) is 5.21. The maximum absolute atomic E-state index is 5.78. The average Bonchev–Trinajstić information content (AvgIpc) is 2.74. The monoisotopic (exact) mass is 295 g/mol. The molecule has 0 radical (unpaired) electrons. The summed E-state index contributed by atoms with van der Waals surface area (Å²) in [5.41, 5.74) is 2.94. The van der Waals surface area contributed by atoms with Gasteiger partial charge >= 0.3 is 5.43 Å². The van der Waals surface area contributed by atoms with Crippen molar-refractivity contribution in [2.24, 2.45) is 0 Å². The van der Waals surface area contributed by atoms with E-state index in [0.717, 1.165) is 44.6 Å². The van der Waals surface area contributed by atoms with Gasteiger partial charge in [-0.2, -0.15) is 0 Å². The van der Waals surface area contributed by atoms with Crippen LogP contribution in [0, 0.1) is 13.8 Å². The summed E-state index contributed by atoms with van der Waals surface area (Å²) >= 11 is 0. The van der Waals surface area contributed by atoms with Gasteiger partial charge < -0.3 is 9.15 Å². The molecule has 0 fully saturated rings. The Morgan fingerprint density at radius 3 is 2.23 bits per heavy atom. The average molecular weight is 295 g/mol. The van der Waals surface area contributed by atoms with Crippen molar-refractivity contribution < 1.29 is 9.15 Å². The number of ether oxygens (including phenoxy) is 1. The molecule has 2 aromatic carbocycles. The highest BCUT2D eigenvalue weighted by Gasteiger charge is 2.18.